The minimum atomic E-state index is 0. The monoisotopic (exact) mass is 364 g/mol. The van der Waals surface area contributed by atoms with E-state index in [1.165, 1.54) is 62.9 Å². The first-order chi connectivity index (χ1) is 9.81. The van der Waals surface area contributed by atoms with E-state index in [0.29, 0.717) is 11.5 Å². The summed E-state index contributed by atoms with van der Waals surface area (Å²) < 4.78 is 0. The van der Waals surface area contributed by atoms with Gasteiger partial charge in [0, 0.05) is 17.0 Å². The zero-order valence-corrected chi connectivity index (χ0v) is 15.9. The number of piperidine rings is 1. The van der Waals surface area contributed by atoms with Gasteiger partial charge in [-0.2, -0.15) is 0 Å². The van der Waals surface area contributed by atoms with Crippen molar-refractivity contribution in [1.82, 2.24) is 10.6 Å². The van der Waals surface area contributed by atoms with Gasteiger partial charge in [-0.3, -0.25) is 0 Å². The van der Waals surface area contributed by atoms with Crippen molar-refractivity contribution < 1.29 is 0 Å². The Kier molecular flexibility index (Phi) is 8.73. The van der Waals surface area contributed by atoms with Crippen LogP contribution in [0.5, 0.6) is 0 Å². The highest BCUT2D eigenvalue weighted by atomic mass is 35.5. The molecule has 1 aromatic rings. The molecule has 1 saturated carbocycles. The maximum atomic E-state index is 3.92. The molecular formula is C17H30Cl2N2S. The van der Waals surface area contributed by atoms with E-state index >= 15 is 0 Å². The lowest BCUT2D eigenvalue weighted by Gasteiger charge is -2.44. The van der Waals surface area contributed by atoms with E-state index in [9.17, 15) is 0 Å². The molecule has 0 bridgehead atoms. The van der Waals surface area contributed by atoms with Gasteiger partial charge >= 0.3 is 0 Å². The number of thiophene rings is 1. The van der Waals surface area contributed by atoms with Crippen molar-refractivity contribution in [3.8, 4) is 0 Å². The molecule has 2 N–H and O–H groups in total. The number of hydrogen-bond acceptors (Lipinski definition) is 3. The van der Waals surface area contributed by atoms with Gasteiger partial charge in [0.2, 0.25) is 0 Å². The summed E-state index contributed by atoms with van der Waals surface area (Å²) in [6.45, 7) is 4.78. The van der Waals surface area contributed by atoms with Crippen molar-refractivity contribution >= 4 is 36.2 Å². The van der Waals surface area contributed by atoms with Crippen molar-refractivity contribution in [3.63, 3.8) is 0 Å². The standard InChI is InChI=1S/C17H28N2S.2ClH/c1-2-15(16-4-3-13-20-16)19-14-5-7-17(8-6-14)9-11-18-12-10-17;;/h3-4,13-15,18-19H,2,5-12H2,1H3;2*1H. The van der Waals surface area contributed by atoms with Crippen molar-refractivity contribution in [3.05, 3.63) is 22.4 Å². The van der Waals surface area contributed by atoms with Gasteiger partial charge in [0.25, 0.3) is 0 Å². The van der Waals surface area contributed by atoms with Crippen LogP contribution in [0.4, 0.5) is 0 Å². The predicted octanol–water partition coefficient (Wildman–Crippen LogP) is 4.94. The molecule has 2 heterocycles. The first-order valence-electron chi connectivity index (χ1n) is 8.31. The maximum Gasteiger partial charge on any atom is 0.0414 e. The van der Waals surface area contributed by atoms with E-state index in [4.69, 9.17) is 0 Å². The van der Waals surface area contributed by atoms with Gasteiger partial charge in [0.1, 0.15) is 0 Å². The molecule has 3 rings (SSSR count). The Hall–Kier alpha value is 0.200. The molecule has 2 nitrogen and oxygen atoms in total. The second-order valence-electron chi connectivity index (χ2n) is 6.67. The molecule has 0 aromatic carbocycles. The van der Waals surface area contributed by atoms with Gasteiger partial charge in [-0.1, -0.05) is 13.0 Å². The molecule has 1 atom stereocenters. The van der Waals surface area contributed by atoms with Crippen molar-refractivity contribution in [1.29, 1.82) is 0 Å². The third kappa shape index (κ3) is 4.85. The number of rotatable bonds is 4. The minimum absolute atomic E-state index is 0. The van der Waals surface area contributed by atoms with E-state index in [0.717, 1.165) is 6.04 Å². The Morgan fingerprint density at radius 3 is 2.45 bits per heavy atom. The molecule has 0 amide bonds. The molecule has 1 saturated heterocycles. The molecule has 0 radical (unpaired) electrons. The van der Waals surface area contributed by atoms with Crippen LogP contribution in [-0.4, -0.2) is 19.1 Å². The molecule has 1 aliphatic carbocycles. The van der Waals surface area contributed by atoms with Gasteiger partial charge in [-0.15, -0.1) is 36.2 Å². The summed E-state index contributed by atoms with van der Waals surface area (Å²) in [6, 6.07) is 5.77. The minimum Gasteiger partial charge on any atom is -0.317 e. The third-order valence-electron chi connectivity index (χ3n) is 5.44. The Balaban J connectivity index is 0.00000121. The molecule has 2 fully saturated rings. The predicted molar refractivity (Wildman–Crippen MR) is 102 cm³/mol. The lowest BCUT2D eigenvalue weighted by molar-refractivity contribution is 0.112. The van der Waals surface area contributed by atoms with Crippen LogP contribution in [0.2, 0.25) is 0 Å². The quantitative estimate of drug-likeness (QED) is 0.789. The maximum absolute atomic E-state index is 3.92. The molecule has 1 aliphatic heterocycles. The summed E-state index contributed by atoms with van der Waals surface area (Å²) in [4.78, 5) is 1.51. The van der Waals surface area contributed by atoms with Crippen molar-refractivity contribution in [2.24, 2.45) is 5.41 Å². The van der Waals surface area contributed by atoms with Crippen LogP contribution < -0.4 is 10.6 Å². The summed E-state index contributed by atoms with van der Waals surface area (Å²) in [5.74, 6) is 0. The molecule has 1 unspecified atom stereocenters. The van der Waals surface area contributed by atoms with E-state index < -0.39 is 0 Å². The fraction of sp³-hybridized carbons (Fsp3) is 0.765. The van der Waals surface area contributed by atoms with Gasteiger partial charge in [-0.05, 0) is 74.9 Å². The van der Waals surface area contributed by atoms with Gasteiger partial charge in [-0.25, -0.2) is 0 Å². The van der Waals surface area contributed by atoms with E-state index in [2.05, 4.69) is 35.1 Å². The van der Waals surface area contributed by atoms with Crippen LogP contribution in [0.15, 0.2) is 17.5 Å². The Morgan fingerprint density at radius 1 is 1.23 bits per heavy atom. The third-order valence-corrected chi connectivity index (χ3v) is 6.43. The summed E-state index contributed by atoms with van der Waals surface area (Å²) >= 11 is 1.89. The molecule has 5 heteroatoms. The highest BCUT2D eigenvalue weighted by Gasteiger charge is 2.36. The van der Waals surface area contributed by atoms with Crippen LogP contribution in [0.25, 0.3) is 0 Å². The highest BCUT2D eigenvalue weighted by Crippen LogP contribution is 2.43. The van der Waals surface area contributed by atoms with Crippen LogP contribution in [0.1, 0.15) is 62.8 Å². The summed E-state index contributed by atoms with van der Waals surface area (Å²) in [7, 11) is 0. The average molecular weight is 365 g/mol. The largest absolute Gasteiger partial charge is 0.317 e. The lowest BCUT2D eigenvalue weighted by atomic mass is 9.67. The van der Waals surface area contributed by atoms with Crippen LogP contribution in [0.3, 0.4) is 0 Å². The number of halogens is 2. The van der Waals surface area contributed by atoms with Gasteiger partial charge in [0.15, 0.2) is 0 Å². The van der Waals surface area contributed by atoms with E-state index in [1.807, 2.05) is 11.3 Å². The first kappa shape index (κ1) is 20.2. The second kappa shape index (κ2) is 9.48. The molecule has 128 valence electrons. The van der Waals surface area contributed by atoms with Gasteiger partial charge in [0.05, 0.1) is 0 Å². The summed E-state index contributed by atoms with van der Waals surface area (Å²) in [5.41, 5.74) is 0.689. The topological polar surface area (TPSA) is 24.1 Å². The molecule has 22 heavy (non-hydrogen) atoms. The van der Waals surface area contributed by atoms with E-state index in [1.54, 1.807) is 0 Å². The fourth-order valence-corrected chi connectivity index (χ4v) is 4.90. The molecule has 2 aliphatic rings. The smallest absolute Gasteiger partial charge is 0.0414 e. The molecule has 1 spiro atoms. The van der Waals surface area contributed by atoms with Crippen LogP contribution >= 0.6 is 36.2 Å². The SMILES string of the molecule is CCC(NC1CCC2(CCNCC2)CC1)c1cccs1.Cl.Cl. The Bertz CT molecular complexity index is 395. The van der Waals surface area contributed by atoms with E-state index in [-0.39, 0.29) is 24.8 Å². The highest BCUT2D eigenvalue weighted by molar-refractivity contribution is 7.10. The Labute approximate surface area is 151 Å². The number of hydrogen-bond donors (Lipinski definition) is 2. The molecule has 1 aromatic heterocycles. The van der Waals surface area contributed by atoms with Crippen molar-refractivity contribution in [2.75, 3.05) is 13.1 Å². The summed E-state index contributed by atoms with van der Waals surface area (Å²) in [6.07, 6.45) is 9.64. The van der Waals surface area contributed by atoms with Crippen LogP contribution in [-0.2, 0) is 0 Å². The normalized spacial score (nSPS) is 22.6. The van der Waals surface area contributed by atoms with Gasteiger partial charge < -0.3 is 10.6 Å². The zero-order valence-electron chi connectivity index (χ0n) is 13.5. The lowest BCUT2D eigenvalue weighted by Crippen LogP contribution is -2.43. The fourth-order valence-electron chi connectivity index (χ4n) is 4.03. The van der Waals surface area contributed by atoms with Crippen LogP contribution in [0, 0.1) is 5.41 Å². The zero-order chi connectivity index (χ0) is 13.8. The molecular weight excluding hydrogens is 335 g/mol. The van der Waals surface area contributed by atoms with Crippen molar-refractivity contribution in [2.45, 2.75) is 64.0 Å². The second-order valence-corrected chi connectivity index (χ2v) is 7.65. The number of nitrogens with one attached hydrogen (secondary N) is 2. The average Bonchev–Trinajstić information content (AvgIpc) is 3.02. The summed E-state index contributed by atoms with van der Waals surface area (Å²) in [5, 5.41) is 9.64. The Morgan fingerprint density at radius 2 is 1.91 bits per heavy atom. The first-order valence-corrected chi connectivity index (χ1v) is 9.19.